The molecule has 1 fully saturated rings. The predicted octanol–water partition coefficient (Wildman–Crippen LogP) is 1.06. The molecule has 2 rings (SSSR count). The molecule has 0 aromatic heterocycles. The second-order valence-electron chi connectivity index (χ2n) is 4.95. The summed E-state index contributed by atoms with van der Waals surface area (Å²) in [7, 11) is 0. The Morgan fingerprint density at radius 1 is 1.25 bits per heavy atom. The molecular formula is C14H20ClN3O2. The molecule has 0 spiro atoms. The molecule has 110 valence electrons. The monoisotopic (exact) mass is 297 g/mol. The minimum atomic E-state index is -0.532. The zero-order valence-electron chi connectivity index (χ0n) is 11.2. The summed E-state index contributed by atoms with van der Waals surface area (Å²) in [6, 6.07) is 6.58. The van der Waals surface area contributed by atoms with Crippen LogP contribution in [0.1, 0.15) is 40.0 Å². The van der Waals surface area contributed by atoms with E-state index in [-0.39, 0.29) is 24.4 Å². The van der Waals surface area contributed by atoms with Gasteiger partial charge in [0.15, 0.2) is 0 Å². The summed E-state index contributed by atoms with van der Waals surface area (Å²) in [4.78, 5) is 23.2. The molecule has 6 heteroatoms. The molecule has 0 saturated heterocycles. The average molecular weight is 298 g/mol. The number of carbonyl (C=O) groups excluding carboxylic acids is 2. The zero-order chi connectivity index (χ0) is 13.8. The van der Waals surface area contributed by atoms with Gasteiger partial charge in [-0.3, -0.25) is 9.59 Å². The fraction of sp³-hybridized carbons (Fsp3) is 0.429. The first-order valence-corrected chi connectivity index (χ1v) is 6.52. The average Bonchev–Trinajstić information content (AvgIpc) is 2.86. The van der Waals surface area contributed by atoms with Crippen molar-refractivity contribution in [3.8, 4) is 0 Å². The van der Waals surface area contributed by atoms with Crippen molar-refractivity contribution in [1.82, 2.24) is 5.32 Å². The van der Waals surface area contributed by atoms with E-state index in [2.05, 4.69) is 5.32 Å². The van der Waals surface area contributed by atoms with Crippen molar-refractivity contribution in [3.05, 3.63) is 35.4 Å². The van der Waals surface area contributed by atoms with Crippen molar-refractivity contribution in [2.75, 3.05) is 6.54 Å². The number of hydrogen-bond acceptors (Lipinski definition) is 3. The van der Waals surface area contributed by atoms with E-state index in [0.717, 1.165) is 19.3 Å². The first kappa shape index (κ1) is 16.5. The van der Waals surface area contributed by atoms with Crippen LogP contribution in [0.15, 0.2) is 24.3 Å². The lowest BCUT2D eigenvalue weighted by molar-refractivity contribution is 0.0928. The van der Waals surface area contributed by atoms with E-state index in [1.165, 1.54) is 6.07 Å². The highest BCUT2D eigenvalue weighted by Crippen LogP contribution is 2.24. The van der Waals surface area contributed by atoms with E-state index in [1.54, 1.807) is 18.2 Å². The molecule has 0 radical (unpaired) electrons. The van der Waals surface area contributed by atoms with Crippen LogP contribution in [0.5, 0.6) is 0 Å². The number of halogens is 1. The van der Waals surface area contributed by atoms with Crippen LogP contribution in [0, 0.1) is 5.92 Å². The summed E-state index contributed by atoms with van der Waals surface area (Å²) >= 11 is 0. The highest BCUT2D eigenvalue weighted by atomic mass is 35.5. The van der Waals surface area contributed by atoms with Gasteiger partial charge in [0.25, 0.3) is 5.91 Å². The van der Waals surface area contributed by atoms with Crippen LogP contribution in [0.2, 0.25) is 0 Å². The van der Waals surface area contributed by atoms with Crippen LogP contribution in [0.3, 0.4) is 0 Å². The number of nitrogens with one attached hydrogen (secondary N) is 1. The molecule has 0 aliphatic heterocycles. The third-order valence-electron chi connectivity index (χ3n) is 3.69. The summed E-state index contributed by atoms with van der Waals surface area (Å²) in [5.74, 6) is -0.355. The molecule has 20 heavy (non-hydrogen) atoms. The molecule has 5 N–H and O–H groups in total. The normalized spacial score (nSPS) is 21.1. The molecule has 2 amide bonds. The number of carbonyl (C=O) groups is 2. The lowest BCUT2D eigenvalue weighted by Crippen LogP contribution is -2.39. The van der Waals surface area contributed by atoms with Crippen LogP contribution in [0.4, 0.5) is 0 Å². The van der Waals surface area contributed by atoms with Gasteiger partial charge < -0.3 is 16.8 Å². The SMILES string of the molecule is Cl.NCC1CCCC1NC(=O)c1cccc(C(N)=O)c1. The van der Waals surface area contributed by atoms with Crippen molar-refractivity contribution in [3.63, 3.8) is 0 Å². The van der Waals surface area contributed by atoms with Gasteiger partial charge in [-0.25, -0.2) is 0 Å². The predicted molar refractivity (Wildman–Crippen MR) is 79.9 cm³/mol. The van der Waals surface area contributed by atoms with Gasteiger partial charge >= 0.3 is 0 Å². The summed E-state index contributed by atoms with van der Waals surface area (Å²) in [5, 5.41) is 2.99. The van der Waals surface area contributed by atoms with Gasteiger partial charge in [0, 0.05) is 17.2 Å². The molecule has 0 heterocycles. The van der Waals surface area contributed by atoms with Crippen molar-refractivity contribution in [2.24, 2.45) is 17.4 Å². The van der Waals surface area contributed by atoms with E-state index in [0.29, 0.717) is 23.6 Å². The Labute approximate surface area is 124 Å². The van der Waals surface area contributed by atoms with Crippen LogP contribution >= 0.6 is 12.4 Å². The van der Waals surface area contributed by atoms with Gasteiger partial charge in [-0.05, 0) is 43.5 Å². The number of rotatable bonds is 4. The van der Waals surface area contributed by atoms with E-state index in [4.69, 9.17) is 11.5 Å². The van der Waals surface area contributed by atoms with Crippen LogP contribution < -0.4 is 16.8 Å². The molecule has 2 atom stereocenters. The van der Waals surface area contributed by atoms with Crippen LogP contribution in [0.25, 0.3) is 0 Å². The second kappa shape index (κ2) is 7.26. The number of benzene rings is 1. The maximum atomic E-state index is 12.1. The van der Waals surface area contributed by atoms with E-state index < -0.39 is 5.91 Å². The molecule has 5 nitrogen and oxygen atoms in total. The van der Waals surface area contributed by atoms with E-state index in [9.17, 15) is 9.59 Å². The maximum absolute atomic E-state index is 12.1. The highest BCUT2D eigenvalue weighted by molar-refractivity contribution is 5.99. The molecule has 0 bridgehead atoms. The Hall–Kier alpha value is -1.59. The Bertz CT molecular complexity index is 493. The lowest BCUT2D eigenvalue weighted by Gasteiger charge is -2.19. The van der Waals surface area contributed by atoms with E-state index in [1.807, 2.05) is 0 Å². The largest absolute Gasteiger partial charge is 0.366 e. The van der Waals surface area contributed by atoms with Gasteiger partial charge in [0.05, 0.1) is 0 Å². The van der Waals surface area contributed by atoms with Crippen LogP contribution in [-0.4, -0.2) is 24.4 Å². The Kier molecular flexibility index (Phi) is 5.98. The minimum Gasteiger partial charge on any atom is -0.366 e. The quantitative estimate of drug-likeness (QED) is 0.775. The van der Waals surface area contributed by atoms with Gasteiger partial charge in [0.1, 0.15) is 0 Å². The fourth-order valence-corrected chi connectivity index (χ4v) is 2.57. The first-order chi connectivity index (χ1) is 9.11. The third-order valence-corrected chi connectivity index (χ3v) is 3.69. The summed E-state index contributed by atoms with van der Waals surface area (Å²) in [6.45, 7) is 0.590. The number of primary amides is 1. The second-order valence-corrected chi connectivity index (χ2v) is 4.95. The summed E-state index contributed by atoms with van der Waals surface area (Å²) in [6.07, 6.45) is 3.11. The maximum Gasteiger partial charge on any atom is 0.251 e. The lowest BCUT2D eigenvalue weighted by atomic mass is 10.0. The number of amides is 2. The molecule has 1 saturated carbocycles. The van der Waals surface area contributed by atoms with Crippen molar-refractivity contribution < 1.29 is 9.59 Å². The van der Waals surface area contributed by atoms with Crippen molar-refractivity contribution in [2.45, 2.75) is 25.3 Å². The van der Waals surface area contributed by atoms with Crippen LogP contribution in [-0.2, 0) is 0 Å². The minimum absolute atomic E-state index is 0. The van der Waals surface area contributed by atoms with Gasteiger partial charge in [-0.15, -0.1) is 12.4 Å². The standard InChI is InChI=1S/C14H19N3O2.ClH/c15-8-11-5-2-6-12(11)17-14(19)10-4-1-3-9(7-10)13(16)18;/h1,3-4,7,11-12H,2,5-6,8,15H2,(H2,16,18)(H,17,19);1H. The molecule has 1 aliphatic rings. The van der Waals surface area contributed by atoms with Crippen molar-refractivity contribution in [1.29, 1.82) is 0 Å². The fourth-order valence-electron chi connectivity index (χ4n) is 2.57. The smallest absolute Gasteiger partial charge is 0.251 e. The number of nitrogens with two attached hydrogens (primary N) is 2. The summed E-state index contributed by atoms with van der Waals surface area (Å²) < 4.78 is 0. The molecule has 1 aliphatic carbocycles. The summed E-state index contributed by atoms with van der Waals surface area (Å²) in [5.41, 5.74) is 11.7. The van der Waals surface area contributed by atoms with Gasteiger partial charge in [-0.2, -0.15) is 0 Å². The van der Waals surface area contributed by atoms with Gasteiger partial charge in [-0.1, -0.05) is 12.5 Å². The van der Waals surface area contributed by atoms with Crippen molar-refractivity contribution >= 4 is 24.2 Å². The molecule has 1 aromatic carbocycles. The van der Waals surface area contributed by atoms with Gasteiger partial charge in [0.2, 0.25) is 5.91 Å². The zero-order valence-corrected chi connectivity index (χ0v) is 12.0. The first-order valence-electron chi connectivity index (χ1n) is 6.52. The number of hydrogen-bond donors (Lipinski definition) is 3. The highest BCUT2D eigenvalue weighted by Gasteiger charge is 2.27. The third kappa shape index (κ3) is 3.71. The Balaban J connectivity index is 0.00000200. The Morgan fingerprint density at radius 2 is 1.95 bits per heavy atom. The Morgan fingerprint density at radius 3 is 2.60 bits per heavy atom. The molecule has 1 aromatic rings. The topological polar surface area (TPSA) is 98.2 Å². The molecular weight excluding hydrogens is 278 g/mol. The van der Waals surface area contributed by atoms with E-state index >= 15 is 0 Å². The molecule has 2 unspecified atom stereocenters.